The van der Waals surface area contributed by atoms with E-state index in [2.05, 4.69) is 15.7 Å². The molecule has 1 heterocycles. The number of urea groups is 1. The molecule has 18 heavy (non-hydrogen) atoms. The average molecular weight is 254 g/mol. The lowest BCUT2D eigenvalue weighted by Gasteiger charge is -2.17. The Morgan fingerprint density at radius 3 is 2.44 bits per heavy atom. The van der Waals surface area contributed by atoms with Crippen LogP contribution in [-0.4, -0.2) is 32.9 Å². The molecule has 1 aromatic heterocycles. The molecular weight excluding hydrogens is 236 g/mol. The van der Waals surface area contributed by atoms with Gasteiger partial charge in [-0.05, 0) is 12.8 Å². The molecule has 0 spiro atoms. The molecule has 7 nitrogen and oxygen atoms in total. The van der Waals surface area contributed by atoms with Gasteiger partial charge in [-0.25, -0.2) is 9.59 Å². The smallest absolute Gasteiger partial charge is 0.326 e. The summed E-state index contributed by atoms with van der Waals surface area (Å²) in [5.74, 6) is -0.864. The number of carbonyl (C=O) groups is 2. The van der Waals surface area contributed by atoms with Crippen LogP contribution in [0.4, 0.5) is 10.6 Å². The highest BCUT2D eigenvalue weighted by molar-refractivity contribution is 5.91. The second-order valence-corrected chi connectivity index (χ2v) is 4.45. The van der Waals surface area contributed by atoms with Crippen LogP contribution in [0.3, 0.4) is 0 Å². The number of aromatic nitrogens is 2. The van der Waals surface area contributed by atoms with Crippen molar-refractivity contribution in [3.63, 3.8) is 0 Å². The van der Waals surface area contributed by atoms with Crippen molar-refractivity contribution >= 4 is 17.8 Å². The first-order valence-corrected chi connectivity index (χ1v) is 5.62. The number of carbonyl (C=O) groups excluding carboxylic acids is 1. The van der Waals surface area contributed by atoms with Crippen molar-refractivity contribution in [2.45, 2.75) is 26.8 Å². The molecule has 0 aliphatic rings. The van der Waals surface area contributed by atoms with E-state index in [4.69, 9.17) is 5.11 Å². The van der Waals surface area contributed by atoms with Crippen LogP contribution in [0.25, 0.3) is 0 Å². The van der Waals surface area contributed by atoms with Gasteiger partial charge in [0.15, 0.2) is 5.82 Å². The number of nitrogens with zero attached hydrogens (tertiary/aromatic N) is 2. The summed E-state index contributed by atoms with van der Waals surface area (Å²) in [5, 5.41) is 17.9. The summed E-state index contributed by atoms with van der Waals surface area (Å²) in [7, 11) is 1.76. The first-order valence-electron chi connectivity index (χ1n) is 5.62. The molecule has 0 saturated heterocycles. The summed E-state index contributed by atoms with van der Waals surface area (Å²) in [6, 6.07) is 0.203. The number of rotatable bonds is 4. The van der Waals surface area contributed by atoms with Crippen LogP contribution in [-0.2, 0) is 11.8 Å². The minimum atomic E-state index is -1.06. The van der Waals surface area contributed by atoms with Gasteiger partial charge in [0.1, 0.15) is 6.04 Å². The topological polar surface area (TPSA) is 96.2 Å². The molecule has 0 fully saturated rings. The van der Waals surface area contributed by atoms with Gasteiger partial charge < -0.3 is 10.4 Å². The lowest BCUT2D eigenvalue weighted by molar-refractivity contribution is -0.140. The van der Waals surface area contributed by atoms with Gasteiger partial charge in [0, 0.05) is 18.8 Å². The molecule has 0 bridgehead atoms. The molecule has 0 aliphatic carbocycles. The zero-order valence-electron chi connectivity index (χ0n) is 10.9. The summed E-state index contributed by atoms with van der Waals surface area (Å²) in [6.45, 7) is 5.30. The van der Waals surface area contributed by atoms with E-state index in [1.165, 1.54) is 0 Å². The summed E-state index contributed by atoms with van der Waals surface area (Å²) < 4.78 is 1.62. The van der Waals surface area contributed by atoms with Crippen LogP contribution in [0.1, 0.15) is 19.5 Å². The third kappa shape index (κ3) is 3.47. The summed E-state index contributed by atoms with van der Waals surface area (Å²) in [6.07, 6.45) is 0. The van der Waals surface area contributed by atoms with E-state index < -0.39 is 18.0 Å². The number of hydrogen-bond acceptors (Lipinski definition) is 3. The van der Waals surface area contributed by atoms with Crippen molar-refractivity contribution in [3.05, 3.63) is 11.8 Å². The standard InChI is InChI=1S/C11H18N4O3/c1-6(2)9(10(16)17)13-11(18)12-8-5-7(3)15(4)14-8/h5-6,9H,1-4H3,(H,16,17)(H2,12,13,14,18). The molecule has 0 aromatic carbocycles. The molecule has 1 unspecified atom stereocenters. The number of carboxylic acid groups (broad SMARTS) is 1. The number of nitrogens with one attached hydrogen (secondary N) is 2. The van der Waals surface area contributed by atoms with Gasteiger partial charge in [-0.1, -0.05) is 13.8 Å². The predicted molar refractivity (Wildman–Crippen MR) is 66.4 cm³/mol. The molecule has 1 aromatic rings. The largest absolute Gasteiger partial charge is 0.480 e. The molecule has 3 N–H and O–H groups in total. The number of carboxylic acids is 1. The second-order valence-electron chi connectivity index (χ2n) is 4.45. The molecule has 0 saturated carbocycles. The summed E-state index contributed by atoms with van der Waals surface area (Å²) in [5.41, 5.74) is 0.893. The Kier molecular flexibility index (Phi) is 4.30. The molecule has 100 valence electrons. The van der Waals surface area contributed by atoms with Crippen LogP contribution >= 0.6 is 0 Å². The van der Waals surface area contributed by atoms with E-state index in [1.54, 1.807) is 31.6 Å². The highest BCUT2D eigenvalue weighted by Gasteiger charge is 2.23. The molecule has 0 radical (unpaired) electrons. The van der Waals surface area contributed by atoms with Crippen LogP contribution in [0.2, 0.25) is 0 Å². The number of hydrogen-bond donors (Lipinski definition) is 3. The van der Waals surface area contributed by atoms with Crippen LogP contribution in [0.5, 0.6) is 0 Å². The number of aliphatic carboxylic acids is 1. The predicted octanol–water partition coefficient (Wildman–Crippen LogP) is 0.959. The Morgan fingerprint density at radius 1 is 1.44 bits per heavy atom. The van der Waals surface area contributed by atoms with Crippen LogP contribution < -0.4 is 10.6 Å². The number of aryl methyl sites for hydroxylation is 2. The first kappa shape index (κ1) is 14.0. The van der Waals surface area contributed by atoms with E-state index in [0.717, 1.165) is 5.69 Å². The Balaban J connectivity index is 2.63. The maximum atomic E-state index is 11.6. The fourth-order valence-electron chi connectivity index (χ4n) is 1.43. The van der Waals surface area contributed by atoms with Gasteiger partial charge in [-0.3, -0.25) is 10.00 Å². The summed E-state index contributed by atoms with van der Waals surface area (Å²) in [4.78, 5) is 22.5. The molecule has 7 heteroatoms. The quantitative estimate of drug-likeness (QED) is 0.745. The Bertz CT molecular complexity index is 434. The SMILES string of the molecule is Cc1cc(NC(=O)NC(C(=O)O)C(C)C)nn1C. The third-order valence-electron chi connectivity index (χ3n) is 2.57. The molecule has 0 aliphatic heterocycles. The van der Waals surface area contributed by atoms with Crippen molar-refractivity contribution in [2.75, 3.05) is 5.32 Å². The van der Waals surface area contributed by atoms with E-state index >= 15 is 0 Å². The first-order chi connectivity index (χ1) is 8.31. The Hall–Kier alpha value is -2.05. The Labute approximate surface area is 105 Å². The van der Waals surface area contributed by atoms with Gasteiger partial charge >= 0.3 is 12.0 Å². The fourth-order valence-corrected chi connectivity index (χ4v) is 1.43. The van der Waals surface area contributed by atoms with E-state index in [-0.39, 0.29) is 5.92 Å². The number of amides is 2. The molecule has 1 rings (SSSR count). The van der Waals surface area contributed by atoms with Crippen molar-refractivity contribution in [3.8, 4) is 0 Å². The van der Waals surface area contributed by atoms with Crippen molar-refractivity contribution < 1.29 is 14.7 Å². The maximum absolute atomic E-state index is 11.6. The van der Waals surface area contributed by atoms with Crippen molar-refractivity contribution in [2.24, 2.45) is 13.0 Å². The zero-order chi connectivity index (χ0) is 13.9. The lowest BCUT2D eigenvalue weighted by atomic mass is 10.1. The van der Waals surface area contributed by atoms with Gasteiger partial charge in [-0.2, -0.15) is 5.10 Å². The van der Waals surface area contributed by atoms with Gasteiger partial charge in [0.05, 0.1) is 0 Å². The average Bonchev–Trinajstić information content (AvgIpc) is 2.53. The van der Waals surface area contributed by atoms with E-state index in [9.17, 15) is 9.59 Å². The zero-order valence-corrected chi connectivity index (χ0v) is 10.9. The van der Waals surface area contributed by atoms with Gasteiger partial charge in [0.2, 0.25) is 0 Å². The monoisotopic (exact) mass is 254 g/mol. The van der Waals surface area contributed by atoms with Gasteiger partial charge in [0.25, 0.3) is 0 Å². The third-order valence-corrected chi connectivity index (χ3v) is 2.57. The van der Waals surface area contributed by atoms with Crippen molar-refractivity contribution in [1.29, 1.82) is 0 Å². The van der Waals surface area contributed by atoms with Gasteiger partial charge in [-0.15, -0.1) is 0 Å². The second kappa shape index (κ2) is 5.52. The highest BCUT2D eigenvalue weighted by atomic mass is 16.4. The van der Waals surface area contributed by atoms with Crippen LogP contribution in [0, 0.1) is 12.8 Å². The van der Waals surface area contributed by atoms with Crippen molar-refractivity contribution in [1.82, 2.24) is 15.1 Å². The lowest BCUT2D eigenvalue weighted by Crippen LogP contribution is -2.46. The van der Waals surface area contributed by atoms with E-state index in [0.29, 0.717) is 5.82 Å². The number of anilines is 1. The van der Waals surface area contributed by atoms with E-state index in [1.807, 2.05) is 6.92 Å². The molecule has 2 amide bonds. The fraction of sp³-hybridized carbons (Fsp3) is 0.545. The molecule has 1 atom stereocenters. The van der Waals surface area contributed by atoms with Crippen LogP contribution in [0.15, 0.2) is 6.07 Å². The highest BCUT2D eigenvalue weighted by Crippen LogP contribution is 2.07. The maximum Gasteiger partial charge on any atom is 0.326 e. The Morgan fingerprint density at radius 2 is 2.06 bits per heavy atom. The minimum absolute atomic E-state index is 0.196. The molecular formula is C11H18N4O3. The minimum Gasteiger partial charge on any atom is -0.480 e. The normalized spacial score (nSPS) is 12.3. The summed E-state index contributed by atoms with van der Waals surface area (Å²) >= 11 is 0.